The lowest BCUT2D eigenvalue weighted by molar-refractivity contribution is -0.144. The molecule has 3 heteroatoms. The Morgan fingerprint density at radius 2 is 2.19 bits per heavy atom. The minimum absolute atomic E-state index is 0.0269. The summed E-state index contributed by atoms with van der Waals surface area (Å²) >= 11 is 3.75. The van der Waals surface area contributed by atoms with Gasteiger partial charge in [-0.25, -0.2) is 0 Å². The molecule has 2 nitrogen and oxygen atoms in total. The van der Waals surface area contributed by atoms with Crippen LogP contribution in [0, 0.1) is 17.8 Å². The van der Waals surface area contributed by atoms with Gasteiger partial charge in [0.1, 0.15) is 6.10 Å². The van der Waals surface area contributed by atoms with Crippen LogP contribution >= 0.6 is 15.9 Å². The predicted molar refractivity (Wildman–Crippen MR) is 65.1 cm³/mol. The number of halogens is 1. The normalized spacial score (nSPS) is 42.8. The second kappa shape index (κ2) is 3.86. The van der Waals surface area contributed by atoms with Gasteiger partial charge in [0.05, 0.1) is 5.92 Å². The smallest absolute Gasteiger partial charge is 0.310 e. The molecule has 2 fully saturated rings. The molecular formula is C13H17BrO2. The van der Waals surface area contributed by atoms with Crippen molar-refractivity contribution in [2.24, 2.45) is 17.8 Å². The highest BCUT2D eigenvalue weighted by Gasteiger charge is 2.49. The van der Waals surface area contributed by atoms with E-state index >= 15 is 0 Å². The number of hydrogen-bond acceptors (Lipinski definition) is 2. The zero-order chi connectivity index (χ0) is 11.3. The molecule has 0 aromatic carbocycles. The molecule has 3 aliphatic rings. The Labute approximate surface area is 105 Å². The number of fused-ring (bicyclic) bond motifs is 2. The maximum atomic E-state index is 11.8. The van der Waals surface area contributed by atoms with E-state index in [1.165, 1.54) is 30.2 Å². The van der Waals surface area contributed by atoms with Crippen LogP contribution in [-0.4, -0.2) is 12.1 Å². The molecule has 0 spiro atoms. The number of esters is 1. The topological polar surface area (TPSA) is 26.3 Å². The first-order chi connectivity index (χ1) is 7.68. The highest BCUT2D eigenvalue weighted by molar-refractivity contribution is 9.11. The van der Waals surface area contributed by atoms with Crippen LogP contribution in [-0.2, 0) is 9.53 Å². The lowest BCUT2D eigenvalue weighted by Gasteiger charge is -2.36. The number of carbonyl (C=O) groups is 1. The highest BCUT2D eigenvalue weighted by atomic mass is 79.9. The molecule has 0 amide bonds. The summed E-state index contributed by atoms with van der Waals surface area (Å²) in [5.41, 5.74) is 1.58. The molecule has 0 aromatic heterocycles. The highest BCUT2D eigenvalue weighted by Crippen LogP contribution is 2.51. The molecule has 1 heterocycles. The van der Waals surface area contributed by atoms with Crippen molar-refractivity contribution >= 4 is 21.9 Å². The van der Waals surface area contributed by atoms with Crippen molar-refractivity contribution in [1.29, 1.82) is 0 Å². The van der Waals surface area contributed by atoms with E-state index in [1.54, 1.807) is 5.57 Å². The Morgan fingerprint density at radius 1 is 1.38 bits per heavy atom. The second-order valence-corrected chi connectivity index (χ2v) is 6.18. The van der Waals surface area contributed by atoms with Gasteiger partial charge in [-0.2, -0.15) is 0 Å². The van der Waals surface area contributed by atoms with Gasteiger partial charge in [-0.3, -0.25) is 4.79 Å². The Morgan fingerprint density at radius 3 is 3.00 bits per heavy atom. The second-order valence-electron chi connectivity index (χ2n) is 5.33. The molecule has 0 bridgehead atoms. The van der Waals surface area contributed by atoms with Crippen LogP contribution in [0.2, 0.25) is 0 Å². The van der Waals surface area contributed by atoms with E-state index in [1.807, 2.05) is 6.92 Å². The molecule has 88 valence electrons. The van der Waals surface area contributed by atoms with Gasteiger partial charge in [0.25, 0.3) is 0 Å². The molecule has 0 unspecified atom stereocenters. The van der Waals surface area contributed by atoms with Crippen LogP contribution in [0.25, 0.3) is 0 Å². The minimum atomic E-state index is 0.0269. The van der Waals surface area contributed by atoms with Crippen molar-refractivity contribution in [2.75, 3.05) is 0 Å². The first-order valence-electron chi connectivity index (χ1n) is 6.27. The standard InChI is InChI=1S/C13H17BrO2/c1-7-11-10(13(15)16-7)6-8-4-2-3-5-9(8)12(11)14/h7-8,10-11H,2-6H2,1H3/t7-,8+,10+,11-/m0/s1. The van der Waals surface area contributed by atoms with Crippen LogP contribution in [0.15, 0.2) is 10.1 Å². The van der Waals surface area contributed by atoms with Crippen LogP contribution in [0.5, 0.6) is 0 Å². The summed E-state index contributed by atoms with van der Waals surface area (Å²) in [6.45, 7) is 2.02. The number of carbonyl (C=O) groups excluding carboxylic acids is 1. The van der Waals surface area contributed by atoms with Gasteiger partial charge in [0, 0.05) is 10.4 Å². The average molecular weight is 285 g/mol. The SMILES string of the molecule is C[C@@H]1OC(=O)[C@@H]2C[C@H]3CCCCC3=C(Br)[C@@H]12. The van der Waals surface area contributed by atoms with Gasteiger partial charge in [-0.1, -0.05) is 27.9 Å². The van der Waals surface area contributed by atoms with E-state index in [-0.39, 0.29) is 18.0 Å². The van der Waals surface area contributed by atoms with E-state index in [4.69, 9.17) is 4.74 Å². The molecule has 0 radical (unpaired) electrons. The zero-order valence-electron chi connectivity index (χ0n) is 9.54. The maximum absolute atomic E-state index is 11.8. The third-order valence-corrected chi connectivity index (χ3v) is 5.46. The zero-order valence-corrected chi connectivity index (χ0v) is 11.1. The molecule has 4 atom stereocenters. The lowest BCUT2D eigenvalue weighted by atomic mass is 9.69. The maximum Gasteiger partial charge on any atom is 0.310 e. The Kier molecular flexibility index (Phi) is 2.61. The van der Waals surface area contributed by atoms with Crippen LogP contribution in [0.3, 0.4) is 0 Å². The molecule has 16 heavy (non-hydrogen) atoms. The van der Waals surface area contributed by atoms with Crippen molar-refractivity contribution in [3.05, 3.63) is 10.1 Å². The summed E-state index contributed by atoms with van der Waals surface area (Å²) in [4.78, 5) is 11.8. The fraction of sp³-hybridized carbons (Fsp3) is 0.769. The largest absolute Gasteiger partial charge is 0.462 e. The van der Waals surface area contributed by atoms with E-state index < -0.39 is 0 Å². The fourth-order valence-corrected chi connectivity index (χ4v) is 4.84. The van der Waals surface area contributed by atoms with Gasteiger partial charge < -0.3 is 4.74 Å². The Balaban J connectivity index is 1.99. The quantitative estimate of drug-likeness (QED) is 0.638. The van der Waals surface area contributed by atoms with E-state index in [2.05, 4.69) is 15.9 Å². The number of hydrogen-bond donors (Lipinski definition) is 0. The van der Waals surface area contributed by atoms with Crippen molar-refractivity contribution in [1.82, 2.24) is 0 Å². The first kappa shape index (κ1) is 10.8. The molecular weight excluding hydrogens is 268 g/mol. The first-order valence-corrected chi connectivity index (χ1v) is 7.06. The third kappa shape index (κ3) is 1.47. The van der Waals surface area contributed by atoms with Crippen molar-refractivity contribution < 1.29 is 9.53 Å². The van der Waals surface area contributed by atoms with E-state index in [0.29, 0.717) is 11.8 Å². The van der Waals surface area contributed by atoms with Crippen molar-refractivity contribution in [3.8, 4) is 0 Å². The number of rotatable bonds is 0. The predicted octanol–water partition coefficient (Wildman–Crippen LogP) is 3.41. The molecule has 1 saturated carbocycles. The van der Waals surface area contributed by atoms with E-state index in [9.17, 15) is 4.79 Å². The summed E-state index contributed by atoms with van der Waals surface area (Å²) in [7, 11) is 0. The fourth-order valence-electron chi connectivity index (χ4n) is 3.62. The lowest BCUT2D eigenvalue weighted by Crippen LogP contribution is -2.30. The number of cyclic esters (lactones) is 1. The molecule has 1 aliphatic heterocycles. The number of ether oxygens (including phenoxy) is 1. The number of allylic oxidation sites excluding steroid dienone is 1. The van der Waals surface area contributed by atoms with Gasteiger partial charge in [-0.05, 0) is 38.5 Å². The summed E-state index contributed by atoms with van der Waals surface area (Å²) in [6.07, 6.45) is 6.18. The van der Waals surface area contributed by atoms with Gasteiger partial charge >= 0.3 is 5.97 Å². The Hall–Kier alpha value is -0.310. The molecule has 1 saturated heterocycles. The van der Waals surface area contributed by atoms with Gasteiger partial charge in [0.15, 0.2) is 0 Å². The minimum Gasteiger partial charge on any atom is -0.462 e. The van der Waals surface area contributed by atoms with Gasteiger partial charge in [0.2, 0.25) is 0 Å². The molecule has 3 rings (SSSR count). The van der Waals surface area contributed by atoms with Crippen LogP contribution < -0.4 is 0 Å². The monoisotopic (exact) mass is 284 g/mol. The van der Waals surface area contributed by atoms with Crippen molar-refractivity contribution in [2.45, 2.75) is 45.1 Å². The Bertz CT molecular complexity index is 361. The van der Waals surface area contributed by atoms with Crippen LogP contribution in [0.1, 0.15) is 39.0 Å². The van der Waals surface area contributed by atoms with Crippen LogP contribution in [0.4, 0.5) is 0 Å². The van der Waals surface area contributed by atoms with E-state index in [0.717, 1.165) is 6.42 Å². The third-order valence-electron chi connectivity index (χ3n) is 4.42. The molecule has 0 aromatic rings. The van der Waals surface area contributed by atoms with Gasteiger partial charge in [-0.15, -0.1) is 0 Å². The summed E-state index contributed by atoms with van der Waals surface area (Å²) in [5, 5.41) is 0. The average Bonchev–Trinajstić information content (AvgIpc) is 2.55. The summed E-state index contributed by atoms with van der Waals surface area (Å²) in [6, 6.07) is 0. The molecule has 2 aliphatic carbocycles. The van der Waals surface area contributed by atoms with Crippen molar-refractivity contribution in [3.63, 3.8) is 0 Å². The summed E-state index contributed by atoms with van der Waals surface area (Å²) in [5.74, 6) is 1.09. The molecule has 0 N–H and O–H groups in total. The summed E-state index contributed by atoms with van der Waals surface area (Å²) < 4.78 is 6.68.